The molecule has 0 saturated carbocycles. The summed E-state index contributed by atoms with van der Waals surface area (Å²) >= 11 is 1.35. The van der Waals surface area contributed by atoms with Crippen LogP contribution < -0.4 is 10.1 Å². The number of aromatic nitrogens is 1. The molecular formula is C11H13N3O4S. The van der Waals surface area contributed by atoms with Crippen LogP contribution in [-0.2, 0) is 4.74 Å². The van der Waals surface area contributed by atoms with Crippen LogP contribution in [0.5, 0.6) is 5.75 Å². The van der Waals surface area contributed by atoms with Gasteiger partial charge in [-0.2, -0.15) is 0 Å². The molecule has 1 aromatic heterocycles. The van der Waals surface area contributed by atoms with Crippen LogP contribution in [0.25, 0.3) is 10.2 Å². The van der Waals surface area contributed by atoms with E-state index >= 15 is 0 Å². The molecule has 0 spiro atoms. The lowest BCUT2D eigenvalue weighted by Gasteiger charge is -2.00. The second-order valence-electron chi connectivity index (χ2n) is 3.69. The van der Waals surface area contributed by atoms with Gasteiger partial charge in [-0.3, -0.25) is 10.1 Å². The molecule has 8 heteroatoms. The van der Waals surface area contributed by atoms with E-state index in [0.717, 1.165) is 0 Å². The smallest absolute Gasteiger partial charge is 0.274 e. The second kappa shape index (κ2) is 5.81. The SMILES string of the molecule is COCCNc1nc2c(OC)cc([N+](=O)[O-])cc2s1. The lowest BCUT2D eigenvalue weighted by Crippen LogP contribution is -2.06. The molecule has 0 fully saturated rings. The molecule has 0 aliphatic carbocycles. The first kappa shape index (κ1) is 13.5. The number of thiazole rings is 1. The largest absolute Gasteiger partial charge is 0.494 e. The van der Waals surface area contributed by atoms with E-state index in [1.807, 2.05) is 0 Å². The normalized spacial score (nSPS) is 10.6. The van der Waals surface area contributed by atoms with Crippen molar-refractivity contribution in [1.29, 1.82) is 0 Å². The first-order valence-electron chi connectivity index (χ1n) is 5.51. The number of benzene rings is 1. The minimum atomic E-state index is -0.445. The molecule has 0 bridgehead atoms. The van der Waals surface area contributed by atoms with Crippen molar-refractivity contribution >= 4 is 32.4 Å². The van der Waals surface area contributed by atoms with Crippen LogP contribution in [0.2, 0.25) is 0 Å². The predicted molar refractivity (Wildman–Crippen MR) is 73.2 cm³/mol. The number of non-ortho nitro benzene ring substituents is 1. The van der Waals surface area contributed by atoms with Gasteiger partial charge in [0.2, 0.25) is 0 Å². The topological polar surface area (TPSA) is 86.5 Å². The van der Waals surface area contributed by atoms with Crippen LogP contribution in [0.3, 0.4) is 0 Å². The van der Waals surface area contributed by atoms with Crippen LogP contribution in [0.1, 0.15) is 0 Å². The van der Waals surface area contributed by atoms with E-state index in [1.54, 1.807) is 7.11 Å². The minimum absolute atomic E-state index is 0.00329. The van der Waals surface area contributed by atoms with Crippen molar-refractivity contribution in [2.45, 2.75) is 0 Å². The molecule has 0 amide bonds. The summed E-state index contributed by atoms with van der Waals surface area (Å²) < 4.78 is 10.8. The quantitative estimate of drug-likeness (QED) is 0.497. The van der Waals surface area contributed by atoms with Crippen molar-refractivity contribution in [1.82, 2.24) is 4.98 Å². The molecule has 0 atom stereocenters. The lowest BCUT2D eigenvalue weighted by atomic mass is 10.3. The minimum Gasteiger partial charge on any atom is -0.494 e. The fourth-order valence-electron chi connectivity index (χ4n) is 1.58. The van der Waals surface area contributed by atoms with Gasteiger partial charge in [0.1, 0.15) is 5.52 Å². The van der Waals surface area contributed by atoms with E-state index in [1.165, 1.54) is 30.6 Å². The number of rotatable bonds is 6. The van der Waals surface area contributed by atoms with Crippen LogP contribution in [0, 0.1) is 10.1 Å². The summed E-state index contributed by atoms with van der Waals surface area (Å²) in [6, 6.07) is 2.87. The Bertz CT molecular complexity index is 599. The standard InChI is InChI=1S/C11H13N3O4S/c1-17-4-3-12-11-13-10-8(18-2)5-7(14(15)16)6-9(10)19-11/h5-6H,3-4H2,1-2H3,(H,12,13). The van der Waals surface area contributed by atoms with Gasteiger partial charge in [0, 0.05) is 19.7 Å². The fourth-order valence-corrected chi connectivity index (χ4v) is 2.52. The van der Waals surface area contributed by atoms with Crippen molar-refractivity contribution in [2.75, 3.05) is 32.7 Å². The second-order valence-corrected chi connectivity index (χ2v) is 4.72. The molecule has 0 aliphatic heterocycles. The Morgan fingerprint density at radius 1 is 1.47 bits per heavy atom. The molecule has 7 nitrogen and oxygen atoms in total. The molecule has 2 rings (SSSR count). The highest BCUT2D eigenvalue weighted by atomic mass is 32.1. The van der Waals surface area contributed by atoms with Gasteiger partial charge < -0.3 is 14.8 Å². The van der Waals surface area contributed by atoms with Gasteiger partial charge in [-0.1, -0.05) is 11.3 Å². The third-order valence-electron chi connectivity index (χ3n) is 2.46. The van der Waals surface area contributed by atoms with E-state index in [0.29, 0.717) is 34.2 Å². The molecule has 19 heavy (non-hydrogen) atoms. The van der Waals surface area contributed by atoms with E-state index in [4.69, 9.17) is 9.47 Å². The summed E-state index contributed by atoms with van der Waals surface area (Å²) in [5.41, 5.74) is 0.620. The molecule has 0 radical (unpaired) electrons. The summed E-state index contributed by atoms with van der Waals surface area (Å²) in [4.78, 5) is 14.7. The number of nitro benzene ring substituents is 1. The summed E-state index contributed by atoms with van der Waals surface area (Å²) in [7, 11) is 3.09. The monoisotopic (exact) mass is 283 g/mol. The van der Waals surface area contributed by atoms with Gasteiger partial charge in [-0.25, -0.2) is 4.98 Å². The van der Waals surface area contributed by atoms with Gasteiger partial charge in [0.25, 0.3) is 5.69 Å². The third-order valence-corrected chi connectivity index (χ3v) is 3.42. The summed E-state index contributed by atoms with van der Waals surface area (Å²) in [5, 5.41) is 14.6. The number of anilines is 1. The van der Waals surface area contributed by atoms with Gasteiger partial charge in [0.15, 0.2) is 10.9 Å². The molecule has 0 saturated heterocycles. The zero-order valence-electron chi connectivity index (χ0n) is 10.5. The number of ether oxygens (including phenoxy) is 2. The molecule has 0 unspecified atom stereocenters. The fraction of sp³-hybridized carbons (Fsp3) is 0.364. The molecule has 1 N–H and O–H groups in total. The van der Waals surface area contributed by atoms with Crippen LogP contribution >= 0.6 is 11.3 Å². The number of hydrogen-bond donors (Lipinski definition) is 1. The molecule has 0 aliphatic rings. The molecule has 2 aromatic rings. The van der Waals surface area contributed by atoms with Crippen LogP contribution in [-0.4, -0.2) is 37.3 Å². The molecule has 1 heterocycles. The third kappa shape index (κ3) is 2.91. The molecule has 102 valence electrons. The summed E-state index contributed by atoms with van der Waals surface area (Å²) in [6.45, 7) is 1.19. The average molecular weight is 283 g/mol. The number of nitrogens with zero attached hydrogens (tertiary/aromatic N) is 2. The molecule has 1 aromatic carbocycles. The number of nitrogens with one attached hydrogen (secondary N) is 1. The molecular weight excluding hydrogens is 270 g/mol. The van der Waals surface area contributed by atoms with Crippen molar-refractivity contribution < 1.29 is 14.4 Å². The maximum atomic E-state index is 10.8. The van der Waals surface area contributed by atoms with Gasteiger partial charge >= 0.3 is 0 Å². The Morgan fingerprint density at radius 2 is 2.26 bits per heavy atom. The highest BCUT2D eigenvalue weighted by Gasteiger charge is 2.16. The number of fused-ring (bicyclic) bond motifs is 1. The van der Waals surface area contributed by atoms with Crippen LogP contribution in [0.4, 0.5) is 10.8 Å². The van der Waals surface area contributed by atoms with Crippen LogP contribution in [0.15, 0.2) is 12.1 Å². The Labute approximate surface area is 113 Å². The number of nitro groups is 1. The highest BCUT2D eigenvalue weighted by Crippen LogP contribution is 2.35. The van der Waals surface area contributed by atoms with Crippen molar-refractivity contribution in [3.05, 3.63) is 22.2 Å². The van der Waals surface area contributed by atoms with E-state index in [-0.39, 0.29) is 5.69 Å². The Kier molecular flexibility index (Phi) is 4.13. The summed E-state index contributed by atoms with van der Waals surface area (Å²) in [6.07, 6.45) is 0. The lowest BCUT2D eigenvalue weighted by molar-refractivity contribution is -0.384. The van der Waals surface area contributed by atoms with Gasteiger partial charge in [0.05, 0.1) is 29.4 Å². The first-order valence-corrected chi connectivity index (χ1v) is 6.33. The zero-order valence-corrected chi connectivity index (χ0v) is 11.3. The Balaban J connectivity index is 2.37. The Hall–Kier alpha value is -1.93. The van der Waals surface area contributed by atoms with E-state index in [2.05, 4.69) is 10.3 Å². The van der Waals surface area contributed by atoms with Crippen molar-refractivity contribution in [3.63, 3.8) is 0 Å². The highest BCUT2D eigenvalue weighted by molar-refractivity contribution is 7.22. The first-order chi connectivity index (χ1) is 9.15. The van der Waals surface area contributed by atoms with E-state index in [9.17, 15) is 10.1 Å². The maximum Gasteiger partial charge on any atom is 0.274 e. The van der Waals surface area contributed by atoms with Gasteiger partial charge in [-0.15, -0.1) is 0 Å². The average Bonchev–Trinajstić information content (AvgIpc) is 2.80. The number of hydrogen-bond acceptors (Lipinski definition) is 7. The summed E-state index contributed by atoms with van der Waals surface area (Å²) in [5.74, 6) is 0.403. The van der Waals surface area contributed by atoms with Crippen molar-refractivity contribution in [3.8, 4) is 5.75 Å². The number of methoxy groups -OCH3 is 2. The predicted octanol–water partition coefficient (Wildman–Crippen LogP) is 2.27. The van der Waals surface area contributed by atoms with E-state index < -0.39 is 4.92 Å². The van der Waals surface area contributed by atoms with Gasteiger partial charge in [-0.05, 0) is 0 Å². The Morgan fingerprint density at radius 3 is 2.89 bits per heavy atom. The zero-order chi connectivity index (χ0) is 13.8. The van der Waals surface area contributed by atoms with Crippen molar-refractivity contribution in [2.24, 2.45) is 0 Å². The maximum absolute atomic E-state index is 10.8.